The van der Waals surface area contributed by atoms with Crippen molar-refractivity contribution in [3.05, 3.63) is 11.4 Å². The number of hydrogen-bond acceptors (Lipinski definition) is 5. The van der Waals surface area contributed by atoms with Crippen LogP contribution in [-0.4, -0.2) is 46.4 Å². The maximum Gasteiger partial charge on any atom is 0.358 e. The van der Waals surface area contributed by atoms with Crippen LogP contribution in [0.15, 0.2) is 0 Å². The summed E-state index contributed by atoms with van der Waals surface area (Å²) in [6.45, 7) is 1.53. The van der Waals surface area contributed by atoms with Crippen molar-refractivity contribution in [3.63, 3.8) is 0 Å². The molecule has 0 radical (unpaired) electrons. The summed E-state index contributed by atoms with van der Waals surface area (Å²) in [4.78, 5) is 11.0. The molecule has 0 amide bonds. The van der Waals surface area contributed by atoms with Gasteiger partial charge in [-0.3, -0.25) is 0 Å². The molecule has 1 fully saturated rings. The lowest BCUT2D eigenvalue weighted by Crippen LogP contribution is -2.22. The number of hydrogen-bond donors (Lipinski definition) is 1. The van der Waals surface area contributed by atoms with Crippen molar-refractivity contribution in [3.8, 4) is 0 Å². The van der Waals surface area contributed by atoms with Gasteiger partial charge in [-0.1, -0.05) is 5.21 Å². The molecule has 1 aliphatic rings. The Kier molecular flexibility index (Phi) is 3.70. The zero-order valence-corrected chi connectivity index (χ0v) is 9.63. The van der Waals surface area contributed by atoms with Gasteiger partial charge < -0.3 is 14.6 Å². The molecule has 7 nitrogen and oxygen atoms in total. The summed E-state index contributed by atoms with van der Waals surface area (Å²) in [6, 6.07) is 0.148. The third kappa shape index (κ3) is 2.45. The molecular formula is C10H15N3O4. The molecule has 1 aliphatic heterocycles. The number of carbonyl (C=O) groups is 1. The first kappa shape index (κ1) is 12.0. The summed E-state index contributed by atoms with van der Waals surface area (Å²) in [7, 11) is 1.52. The fourth-order valence-electron chi connectivity index (χ4n) is 1.97. The van der Waals surface area contributed by atoms with Crippen molar-refractivity contribution in [1.29, 1.82) is 0 Å². The van der Waals surface area contributed by atoms with Crippen LogP contribution in [0.2, 0.25) is 0 Å². The predicted molar refractivity (Wildman–Crippen MR) is 56.8 cm³/mol. The Balaban J connectivity index is 2.28. The van der Waals surface area contributed by atoms with Crippen LogP contribution >= 0.6 is 0 Å². The first-order valence-electron chi connectivity index (χ1n) is 5.48. The van der Waals surface area contributed by atoms with E-state index in [9.17, 15) is 4.79 Å². The van der Waals surface area contributed by atoms with Crippen LogP contribution in [0.25, 0.3) is 0 Å². The zero-order chi connectivity index (χ0) is 12.3. The van der Waals surface area contributed by atoms with E-state index in [0.29, 0.717) is 18.9 Å². The van der Waals surface area contributed by atoms with Crippen molar-refractivity contribution >= 4 is 5.97 Å². The first-order chi connectivity index (χ1) is 8.24. The lowest BCUT2D eigenvalue weighted by atomic mass is 10.1. The van der Waals surface area contributed by atoms with Crippen LogP contribution in [0.4, 0.5) is 0 Å². The Morgan fingerprint density at radius 1 is 1.59 bits per heavy atom. The van der Waals surface area contributed by atoms with Crippen LogP contribution in [0.1, 0.15) is 35.1 Å². The predicted octanol–water partition coefficient (Wildman–Crippen LogP) is 0.474. The van der Waals surface area contributed by atoms with Crippen LogP contribution in [0.3, 0.4) is 0 Å². The number of rotatable bonds is 4. The van der Waals surface area contributed by atoms with Crippen molar-refractivity contribution in [1.82, 2.24) is 15.0 Å². The number of carboxylic acid groups (broad SMARTS) is 1. The zero-order valence-electron chi connectivity index (χ0n) is 9.63. The molecular weight excluding hydrogens is 226 g/mol. The molecule has 1 N–H and O–H groups in total. The highest BCUT2D eigenvalue weighted by molar-refractivity contribution is 5.86. The minimum Gasteiger partial charge on any atom is -0.476 e. The van der Waals surface area contributed by atoms with E-state index < -0.39 is 5.97 Å². The van der Waals surface area contributed by atoms with E-state index >= 15 is 0 Å². The van der Waals surface area contributed by atoms with Crippen LogP contribution in [0.5, 0.6) is 0 Å². The molecule has 0 atom stereocenters. The quantitative estimate of drug-likeness (QED) is 0.824. The van der Waals surface area contributed by atoms with E-state index in [2.05, 4.69) is 10.3 Å². The van der Waals surface area contributed by atoms with E-state index in [1.807, 2.05) is 0 Å². The number of aromatic nitrogens is 3. The van der Waals surface area contributed by atoms with Crippen LogP contribution < -0.4 is 0 Å². The topological polar surface area (TPSA) is 86.5 Å². The fraction of sp³-hybridized carbons (Fsp3) is 0.700. The highest BCUT2D eigenvalue weighted by Crippen LogP contribution is 2.23. The van der Waals surface area contributed by atoms with Crippen molar-refractivity contribution in [2.75, 3.05) is 20.3 Å². The number of carboxylic acids is 1. The minimum absolute atomic E-state index is 0.0293. The lowest BCUT2D eigenvalue weighted by Gasteiger charge is -2.23. The molecule has 7 heteroatoms. The third-order valence-electron chi connectivity index (χ3n) is 2.81. The highest BCUT2D eigenvalue weighted by atomic mass is 16.5. The SMILES string of the molecule is COCc1c(C(=O)O)nnn1C1CCOCC1. The van der Waals surface area contributed by atoms with Crippen molar-refractivity contribution < 1.29 is 19.4 Å². The Hall–Kier alpha value is -1.47. The van der Waals surface area contributed by atoms with Gasteiger partial charge in [-0.15, -0.1) is 5.10 Å². The smallest absolute Gasteiger partial charge is 0.358 e. The van der Waals surface area contributed by atoms with Crippen molar-refractivity contribution in [2.24, 2.45) is 0 Å². The molecule has 0 spiro atoms. The third-order valence-corrected chi connectivity index (χ3v) is 2.81. The molecule has 0 aliphatic carbocycles. The Morgan fingerprint density at radius 2 is 2.29 bits per heavy atom. The first-order valence-corrected chi connectivity index (χ1v) is 5.48. The average Bonchev–Trinajstić information content (AvgIpc) is 2.75. The Morgan fingerprint density at radius 3 is 2.88 bits per heavy atom. The number of methoxy groups -OCH3 is 1. The Bertz CT molecular complexity index is 398. The van der Waals surface area contributed by atoms with Gasteiger partial charge in [0.25, 0.3) is 0 Å². The van der Waals surface area contributed by atoms with Gasteiger partial charge in [-0.05, 0) is 12.8 Å². The van der Waals surface area contributed by atoms with E-state index in [0.717, 1.165) is 12.8 Å². The second-order valence-electron chi connectivity index (χ2n) is 3.91. The molecule has 1 aromatic heterocycles. The number of aromatic carboxylic acids is 1. The van der Waals surface area contributed by atoms with Crippen LogP contribution in [0, 0.1) is 0 Å². The summed E-state index contributed by atoms with van der Waals surface area (Å²) in [5.74, 6) is -1.07. The summed E-state index contributed by atoms with van der Waals surface area (Å²) in [6.07, 6.45) is 1.64. The molecule has 0 bridgehead atoms. The van der Waals surface area contributed by atoms with Gasteiger partial charge in [-0.2, -0.15) is 0 Å². The molecule has 0 saturated carbocycles. The largest absolute Gasteiger partial charge is 0.476 e. The summed E-state index contributed by atoms with van der Waals surface area (Å²) in [5, 5.41) is 16.6. The summed E-state index contributed by atoms with van der Waals surface area (Å²) < 4.78 is 11.9. The lowest BCUT2D eigenvalue weighted by molar-refractivity contribution is 0.0622. The normalized spacial score (nSPS) is 17.2. The van der Waals surface area contributed by atoms with E-state index in [1.54, 1.807) is 4.68 Å². The monoisotopic (exact) mass is 241 g/mol. The molecule has 0 unspecified atom stereocenters. The molecule has 2 rings (SSSR count). The fourth-order valence-corrected chi connectivity index (χ4v) is 1.97. The number of ether oxygens (including phenoxy) is 2. The second kappa shape index (κ2) is 5.24. The van der Waals surface area contributed by atoms with E-state index in [1.165, 1.54) is 7.11 Å². The van der Waals surface area contributed by atoms with Gasteiger partial charge in [0.15, 0.2) is 5.69 Å². The van der Waals surface area contributed by atoms with E-state index in [4.69, 9.17) is 14.6 Å². The summed E-state index contributed by atoms with van der Waals surface area (Å²) in [5.41, 5.74) is 0.491. The second-order valence-corrected chi connectivity index (χ2v) is 3.91. The van der Waals surface area contributed by atoms with Gasteiger partial charge in [0.1, 0.15) is 0 Å². The standard InChI is InChI=1S/C10H15N3O4/c1-16-6-8-9(10(14)15)11-12-13(8)7-2-4-17-5-3-7/h7H,2-6H2,1H3,(H,14,15). The molecule has 0 aromatic carbocycles. The van der Waals surface area contributed by atoms with E-state index in [-0.39, 0.29) is 18.3 Å². The maximum absolute atomic E-state index is 11.0. The molecule has 1 saturated heterocycles. The molecule has 94 valence electrons. The average molecular weight is 241 g/mol. The molecule has 17 heavy (non-hydrogen) atoms. The molecule has 1 aromatic rings. The van der Waals surface area contributed by atoms with Gasteiger partial charge in [0, 0.05) is 20.3 Å². The molecule has 2 heterocycles. The number of nitrogens with zero attached hydrogens (tertiary/aromatic N) is 3. The van der Waals surface area contributed by atoms with Gasteiger partial charge in [-0.25, -0.2) is 9.48 Å². The Labute approximate surface area is 98.3 Å². The van der Waals surface area contributed by atoms with Crippen LogP contribution in [-0.2, 0) is 16.1 Å². The maximum atomic E-state index is 11.0. The highest BCUT2D eigenvalue weighted by Gasteiger charge is 2.25. The minimum atomic E-state index is -1.07. The van der Waals surface area contributed by atoms with Gasteiger partial charge in [0.05, 0.1) is 18.3 Å². The van der Waals surface area contributed by atoms with Gasteiger partial charge >= 0.3 is 5.97 Å². The summed E-state index contributed by atoms with van der Waals surface area (Å²) >= 11 is 0. The van der Waals surface area contributed by atoms with Gasteiger partial charge in [0.2, 0.25) is 0 Å². The van der Waals surface area contributed by atoms with Crippen molar-refractivity contribution in [2.45, 2.75) is 25.5 Å².